The molecule has 0 spiro atoms. The van der Waals surface area contributed by atoms with Crippen molar-refractivity contribution in [1.82, 2.24) is 0 Å². The van der Waals surface area contributed by atoms with Crippen molar-refractivity contribution in [3.8, 4) is 0 Å². The SMILES string of the molecule is CC(=O)[C-]1CCCC1=O.[Na+]. The van der Waals surface area contributed by atoms with Crippen LogP contribution in [-0.2, 0) is 9.59 Å². The van der Waals surface area contributed by atoms with Crippen LogP contribution in [0.4, 0.5) is 0 Å². The van der Waals surface area contributed by atoms with Gasteiger partial charge >= 0.3 is 29.6 Å². The van der Waals surface area contributed by atoms with E-state index in [9.17, 15) is 9.59 Å². The molecule has 0 bridgehead atoms. The first kappa shape index (κ1) is 10.2. The summed E-state index contributed by atoms with van der Waals surface area (Å²) in [6.07, 6.45) is 2.15. The smallest absolute Gasteiger partial charge is 0.334 e. The molecular formula is C7H9NaO2. The standard InChI is InChI=1S/C7H9O2.Na/c1-5(8)6-3-2-4-7(6)9;/h2-4H2,1H3;/q-1;+1. The van der Waals surface area contributed by atoms with Crippen LogP contribution in [0, 0.1) is 5.92 Å². The van der Waals surface area contributed by atoms with Crippen molar-refractivity contribution in [2.24, 2.45) is 0 Å². The van der Waals surface area contributed by atoms with Gasteiger partial charge in [0.25, 0.3) is 0 Å². The van der Waals surface area contributed by atoms with Gasteiger partial charge in [0, 0.05) is 11.6 Å². The van der Waals surface area contributed by atoms with Gasteiger partial charge in [-0.2, -0.15) is 6.42 Å². The summed E-state index contributed by atoms with van der Waals surface area (Å²) in [4.78, 5) is 21.4. The Morgan fingerprint density at radius 2 is 2.20 bits per heavy atom. The molecule has 1 aliphatic carbocycles. The molecule has 1 rings (SSSR count). The molecule has 0 radical (unpaired) electrons. The molecule has 0 heterocycles. The van der Waals surface area contributed by atoms with E-state index in [1.54, 1.807) is 0 Å². The van der Waals surface area contributed by atoms with Crippen LogP contribution in [0.2, 0.25) is 0 Å². The summed E-state index contributed by atoms with van der Waals surface area (Å²) >= 11 is 0. The molecule has 2 nitrogen and oxygen atoms in total. The number of carbonyl (C=O) groups excluding carboxylic acids is 2. The van der Waals surface area contributed by atoms with Crippen LogP contribution in [0.3, 0.4) is 0 Å². The van der Waals surface area contributed by atoms with Gasteiger partial charge in [-0.1, -0.05) is 6.42 Å². The van der Waals surface area contributed by atoms with Crippen LogP contribution in [-0.4, -0.2) is 11.6 Å². The number of carbonyl (C=O) groups is 2. The zero-order chi connectivity index (χ0) is 6.85. The second kappa shape index (κ2) is 4.16. The molecule has 1 aliphatic rings. The van der Waals surface area contributed by atoms with E-state index in [-0.39, 0.29) is 41.1 Å². The summed E-state index contributed by atoms with van der Waals surface area (Å²) in [7, 11) is 0. The van der Waals surface area contributed by atoms with Gasteiger partial charge in [0.2, 0.25) is 0 Å². The van der Waals surface area contributed by atoms with Crippen molar-refractivity contribution < 1.29 is 39.1 Å². The fourth-order valence-corrected chi connectivity index (χ4v) is 1.09. The van der Waals surface area contributed by atoms with E-state index < -0.39 is 0 Å². The van der Waals surface area contributed by atoms with E-state index in [4.69, 9.17) is 0 Å². The zero-order valence-electron chi connectivity index (χ0n) is 6.44. The maximum atomic E-state index is 10.8. The predicted octanol–water partition coefficient (Wildman–Crippen LogP) is -2.09. The minimum absolute atomic E-state index is 0. The van der Waals surface area contributed by atoms with E-state index in [1.807, 2.05) is 0 Å². The fraction of sp³-hybridized carbons (Fsp3) is 0.571. The molecule has 0 atom stereocenters. The van der Waals surface area contributed by atoms with Crippen molar-refractivity contribution in [2.45, 2.75) is 26.2 Å². The van der Waals surface area contributed by atoms with Gasteiger partial charge in [0.1, 0.15) is 0 Å². The molecule has 0 unspecified atom stereocenters. The van der Waals surface area contributed by atoms with Crippen molar-refractivity contribution in [3.63, 3.8) is 0 Å². The topological polar surface area (TPSA) is 34.1 Å². The van der Waals surface area contributed by atoms with Gasteiger partial charge in [-0.05, 0) is 13.3 Å². The van der Waals surface area contributed by atoms with E-state index in [2.05, 4.69) is 0 Å². The second-order valence-electron chi connectivity index (χ2n) is 2.31. The molecule has 0 aromatic carbocycles. The number of hydrogen-bond acceptors (Lipinski definition) is 2. The predicted molar refractivity (Wildman–Crippen MR) is 32.8 cm³/mol. The Bertz CT molecular complexity index is 154. The van der Waals surface area contributed by atoms with E-state index in [0.29, 0.717) is 18.8 Å². The van der Waals surface area contributed by atoms with Crippen molar-refractivity contribution >= 4 is 11.6 Å². The van der Waals surface area contributed by atoms with E-state index in [0.717, 1.165) is 6.42 Å². The first-order chi connectivity index (χ1) is 4.22. The third-order valence-electron chi connectivity index (χ3n) is 1.59. The maximum Gasteiger partial charge on any atom is 1.00 e. The molecule has 0 saturated heterocycles. The van der Waals surface area contributed by atoms with Crippen molar-refractivity contribution in [1.29, 1.82) is 0 Å². The first-order valence-corrected chi connectivity index (χ1v) is 3.12. The van der Waals surface area contributed by atoms with Crippen LogP contribution in [0.15, 0.2) is 0 Å². The molecule has 0 amide bonds. The molecule has 0 aromatic heterocycles. The molecule has 0 aromatic rings. The summed E-state index contributed by atoms with van der Waals surface area (Å²) < 4.78 is 0. The number of Topliss-reactive ketones (excluding diaryl/α,β-unsaturated/α-hetero) is 2. The Labute approximate surface area is 82.7 Å². The maximum absolute atomic E-state index is 10.8. The average molecular weight is 148 g/mol. The second-order valence-corrected chi connectivity index (χ2v) is 2.31. The third kappa shape index (κ3) is 2.11. The van der Waals surface area contributed by atoms with Gasteiger partial charge in [0.05, 0.1) is 0 Å². The minimum Gasteiger partial charge on any atom is -0.334 e. The Morgan fingerprint density at radius 1 is 1.60 bits per heavy atom. The number of hydrogen-bond donors (Lipinski definition) is 0. The molecule has 50 valence electrons. The molecular weight excluding hydrogens is 139 g/mol. The Balaban J connectivity index is 0.000000810. The Kier molecular flexibility index (Phi) is 4.25. The summed E-state index contributed by atoms with van der Waals surface area (Å²) in [5, 5.41) is 0. The molecule has 10 heavy (non-hydrogen) atoms. The van der Waals surface area contributed by atoms with Gasteiger partial charge < -0.3 is 9.59 Å². The first-order valence-electron chi connectivity index (χ1n) is 3.12. The summed E-state index contributed by atoms with van der Waals surface area (Å²) in [6, 6.07) is 0. The summed E-state index contributed by atoms with van der Waals surface area (Å²) in [5.74, 6) is 0.537. The van der Waals surface area contributed by atoms with Crippen LogP contribution in [0.1, 0.15) is 26.2 Å². The molecule has 0 aliphatic heterocycles. The van der Waals surface area contributed by atoms with Gasteiger partial charge in [0.15, 0.2) is 0 Å². The van der Waals surface area contributed by atoms with Crippen LogP contribution in [0.5, 0.6) is 0 Å². The fourth-order valence-electron chi connectivity index (χ4n) is 1.09. The normalized spacial score (nSPS) is 16.9. The molecule has 1 saturated carbocycles. The Morgan fingerprint density at radius 3 is 2.40 bits per heavy atom. The summed E-state index contributed by atoms with van der Waals surface area (Å²) in [5.41, 5.74) is 0. The number of rotatable bonds is 1. The Hall–Kier alpha value is 0.210. The number of ketones is 2. The zero-order valence-corrected chi connectivity index (χ0v) is 8.44. The molecule has 1 fully saturated rings. The van der Waals surface area contributed by atoms with E-state index >= 15 is 0 Å². The summed E-state index contributed by atoms with van der Waals surface area (Å²) in [6.45, 7) is 1.46. The van der Waals surface area contributed by atoms with Crippen LogP contribution >= 0.6 is 0 Å². The van der Waals surface area contributed by atoms with Crippen LogP contribution in [0.25, 0.3) is 0 Å². The van der Waals surface area contributed by atoms with E-state index in [1.165, 1.54) is 6.92 Å². The largest absolute Gasteiger partial charge is 1.00 e. The quantitative estimate of drug-likeness (QED) is 0.315. The van der Waals surface area contributed by atoms with Gasteiger partial charge in [-0.15, -0.1) is 0 Å². The van der Waals surface area contributed by atoms with Crippen molar-refractivity contribution in [3.05, 3.63) is 5.92 Å². The average Bonchev–Trinajstić information content (AvgIpc) is 2.13. The van der Waals surface area contributed by atoms with Gasteiger partial charge in [-0.3, -0.25) is 0 Å². The van der Waals surface area contributed by atoms with Crippen molar-refractivity contribution in [2.75, 3.05) is 0 Å². The minimum atomic E-state index is -0.0440. The third-order valence-corrected chi connectivity index (χ3v) is 1.59. The van der Waals surface area contributed by atoms with Crippen LogP contribution < -0.4 is 29.6 Å². The molecule has 3 heteroatoms. The monoisotopic (exact) mass is 148 g/mol. The molecule has 0 N–H and O–H groups in total. The van der Waals surface area contributed by atoms with Gasteiger partial charge in [-0.25, -0.2) is 5.92 Å².